The molecule has 1 aromatic carbocycles. The average Bonchev–Trinajstić information content (AvgIpc) is 3.05. The summed E-state index contributed by atoms with van der Waals surface area (Å²) in [6.07, 6.45) is 0. The molecule has 1 N–H and O–H groups in total. The van der Waals surface area contributed by atoms with Crippen LogP contribution in [0.25, 0.3) is 10.9 Å². The highest BCUT2D eigenvalue weighted by Gasteiger charge is 2.20. The third-order valence-corrected chi connectivity index (χ3v) is 4.89. The van der Waals surface area contributed by atoms with Gasteiger partial charge in [0.15, 0.2) is 0 Å². The predicted molar refractivity (Wildman–Crippen MR) is 96.1 cm³/mol. The molecule has 2 heterocycles. The number of carbonyl (C=O) groups is 1. The number of thiophene rings is 1. The maximum absolute atomic E-state index is 12.6. The van der Waals surface area contributed by atoms with Gasteiger partial charge in [0.05, 0.1) is 11.6 Å². The van der Waals surface area contributed by atoms with Crippen LogP contribution in [-0.4, -0.2) is 10.9 Å². The van der Waals surface area contributed by atoms with E-state index < -0.39 is 0 Å². The van der Waals surface area contributed by atoms with Gasteiger partial charge in [0.2, 0.25) is 0 Å². The second-order valence-corrected chi connectivity index (χ2v) is 7.12. The van der Waals surface area contributed by atoms with Crippen molar-refractivity contribution in [2.45, 2.75) is 19.9 Å². The van der Waals surface area contributed by atoms with Crippen molar-refractivity contribution in [3.05, 3.63) is 63.4 Å². The van der Waals surface area contributed by atoms with Crippen LogP contribution in [0.4, 0.5) is 0 Å². The fraction of sp³-hybridized carbons (Fsp3) is 0.222. The molecule has 1 unspecified atom stereocenters. The molecular weight excluding hydrogens is 328 g/mol. The van der Waals surface area contributed by atoms with E-state index >= 15 is 0 Å². The normalized spacial score (nSPS) is 12.5. The molecule has 0 spiro atoms. The molecule has 0 fully saturated rings. The Balaban J connectivity index is 1.86. The number of halogens is 1. The van der Waals surface area contributed by atoms with Crippen molar-refractivity contribution >= 4 is 39.7 Å². The Bertz CT molecular complexity index is 830. The third-order valence-electron chi connectivity index (χ3n) is 3.72. The minimum Gasteiger partial charge on any atom is -0.344 e. The summed E-state index contributed by atoms with van der Waals surface area (Å²) in [6.45, 7) is 4.22. The molecule has 0 aliphatic rings. The Labute approximate surface area is 144 Å². The van der Waals surface area contributed by atoms with Gasteiger partial charge in [-0.05, 0) is 47.7 Å². The molecule has 1 atom stereocenters. The fourth-order valence-electron chi connectivity index (χ4n) is 2.50. The summed E-state index contributed by atoms with van der Waals surface area (Å²) < 4.78 is 0. The van der Waals surface area contributed by atoms with Gasteiger partial charge in [-0.2, -0.15) is 0 Å². The quantitative estimate of drug-likeness (QED) is 0.671. The zero-order valence-electron chi connectivity index (χ0n) is 12.9. The maximum atomic E-state index is 12.6. The van der Waals surface area contributed by atoms with E-state index in [0.29, 0.717) is 16.6 Å². The summed E-state index contributed by atoms with van der Waals surface area (Å²) in [7, 11) is 0. The number of nitrogens with one attached hydrogen (secondary N) is 1. The summed E-state index contributed by atoms with van der Waals surface area (Å²) in [5.41, 5.74) is 1.41. The first kappa shape index (κ1) is 16.0. The molecule has 5 heteroatoms. The van der Waals surface area contributed by atoms with Crippen LogP contribution in [0.3, 0.4) is 0 Å². The average molecular weight is 345 g/mol. The van der Waals surface area contributed by atoms with Gasteiger partial charge in [-0.1, -0.05) is 31.5 Å². The standard InChI is InChI=1S/C18H17ClN2OS/c1-11(2)17(15-4-3-9-23-15)21-18(22)13-5-7-14-12(10-13)6-8-16(19)20-14/h3-11,17H,1-2H3,(H,21,22). The van der Waals surface area contributed by atoms with Gasteiger partial charge in [0.25, 0.3) is 5.91 Å². The topological polar surface area (TPSA) is 42.0 Å². The first-order valence-electron chi connectivity index (χ1n) is 7.45. The van der Waals surface area contributed by atoms with Crippen LogP contribution in [0.15, 0.2) is 47.8 Å². The van der Waals surface area contributed by atoms with Gasteiger partial charge in [-0.15, -0.1) is 11.3 Å². The molecule has 0 saturated carbocycles. The van der Waals surface area contributed by atoms with Crippen molar-refractivity contribution in [1.29, 1.82) is 0 Å². The van der Waals surface area contributed by atoms with Crippen molar-refractivity contribution in [3.8, 4) is 0 Å². The molecule has 0 saturated heterocycles. The Hall–Kier alpha value is -1.91. The number of nitrogens with zero attached hydrogens (tertiary/aromatic N) is 1. The first-order valence-corrected chi connectivity index (χ1v) is 8.71. The van der Waals surface area contributed by atoms with Crippen LogP contribution < -0.4 is 5.32 Å². The van der Waals surface area contributed by atoms with Crippen LogP contribution in [0.2, 0.25) is 5.15 Å². The number of amides is 1. The smallest absolute Gasteiger partial charge is 0.251 e. The van der Waals surface area contributed by atoms with Crippen molar-refractivity contribution in [3.63, 3.8) is 0 Å². The number of rotatable bonds is 4. The highest BCUT2D eigenvalue weighted by atomic mass is 35.5. The van der Waals surface area contributed by atoms with Crippen molar-refractivity contribution < 1.29 is 4.79 Å². The van der Waals surface area contributed by atoms with Crippen LogP contribution in [0.1, 0.15) is 35.1 Å². The molecule has 0 radical (unpaired) electrons. The summed E-state index contributed by atoms with van der Waals surface area (Å²) in [5, 5.41) is 6.52. The van der Waals surface area contributed by atoms with Crippen molar-refractivity contribution in [1.82, 2.24) is 10.3 Å². The summed E-state index contributed by atoms with van der Waals surface area (Å²) >= 11 is 7.55. The van der Waals surface area contributed by atoms with Crippen LogP contribution in [0.5, 0.6) is 0 Å². The van der Waals surface area contributed by atoms with E-state index in [9.17, 15) is 4.79 Å². The molecule has 0 aliphatic carbocycles. The Morgan fingerprint density at radius 3 is 2.74 bits per heavy atom. The van der Waals surface area contributed by atoms with Gasteiger partial charge in [0.1, 0.15) is 5.15 Å². The second-order valence-electron chi connectivity index (χ2n) is 5.75. The molecular formula is C18H17ClN2OS. The highest BCUT2D eigenvalue weighted by Crippen LogP contribution is 2.26. The monoisotopic (exact) mass is 344 g/mol. The molecule has 3 aromatic rings. The Morgan fingerprint density at radius 2 is 2.04 bits per heavy atom. The van der Waals surface area contributed by atoms with E-state index in [2.05, 4.69) is 30.2 Å². The van der Waals surface area contributed by atoms with E-state index in [4.69, 9.17) is 11.6 Å². The third kappa shape index (κ3) is 3.54. The number of carbonyl (C=O) groups excluding carboxylic acids is 1. The fourth-order valence-corrected chi connectivity index (χ4v) is 3.60. The molecule has 2 aromatic heterocycles. The summed E-state index contributed by atoms with van der Waals surface area (Å²) in [5.74, 6) is 0.243. The number of hydrogen-bond acceptors (Lipinski definition) is 3. The Morgan fingerprint density at radius 1 is 1.22 bits per heavy atom. The van der Waals surface area contributed by atoms with E-state index in [0.717, 1.165) is 10.9 Å². The number of aromatic nitrogens is 1. The van der Waals surface area contributed by atoms with Gasteiger partial charge in [-0.25, -0.2) is 4.98 Å². The molecule has 3 rings (SSSR count). The zero-order chi connectivity index (χ0) is 16.4. The number of hydrogen-bond donors (Lipinski definition) is 1. The predicted octanol–water partition coefficient (Wildman–Crippen LogP) is 5.08. The van der Waals surface area contributed by atoms with E-state index in [1.807, 2.05) is 29.6 Å². The molecule has 0 aliphatic heterocycles. The summed E-state index contributed by atoms with van der Waals surface area (Å²) in [6, 6.07) is 13.1. The lowest BCUT2D eigenvalue weighted by Crippen LogP contribution is -2.31. The lowest BCUT2D eigenvalue weighted by Gasteiger charge is -2.21. The molecule has 0 bridgehead atoms. The van der Waals surface area contributed by atoms with Gasteiger partial charge < -0.3 is 5.32 Å². The van der Waals surface area contributed by atoms with Crippen LogP contribution in [-0.2, 0) is 0 Å². The number of fused-ring (bicyclic) bond motifs is 1. The lowest BCUT2D eigenvalue weighted by atomic mass is 10.0. The number of pyridine rings is 1. The van der Waals surface area contributed by atoms with Crippen LogP contribution >= 0.6 is 22.9 Å². The highest BCUT2D eigenvalue weighted by molar-refractivity contribution is 7.10. The molecule has 23 heavy (non-hydrogen) atoms. The second kappa shape index (κ2) is 6.69. The van der Waals surface area contributed by atoms with E-state index in [1.54, 1.807) is 23.5 Å². The van der Waals surface area contributed by atoms with Crippen molar-refractivity contribution in [2.75, 3.05) is 0 Å². The van der Waals surface area contributed by atoms with Gasteiger partial charge in [-0.3, -0.25) is 4.79 Å². The Kier molecular flexibility index (Phi) is 4.64. The number of benzene rings is 1. The minimum atomic E-state index is -0.0750. The lowest BCUT2D eigenvalue weighted by molar-refractivity contribution is 0.0926. The molecule has 1 amide bonds. The van der Waals surface area contributed by atoms with E-state index in [-0.39, 0.29) is 11.9 Å². The molecule has 3 nitrogen and oxygen atoms in total. The minimum absolute atomic E-state index is 0.0153. The maximum Gasteiger partial charge on any atom is 0.251 e. The van der Waals surface area contributed by atoms with Gasteiger partial charge >= 0.3 is 0 Å². The first-order chi connectivity index (χ1) is 11.0. The van der Waals surface area contributed by atoms with Crippen molar-refractivity contribution in [2.24, 2.45) is 5.92 Å². The zero-order valence-corrected chi connectivity index (χ0v) is 14.5. The molecule has 118 valence electrons. The SMILES string of the molecule is CC(C)C(NC(=O)c1ccc2nc(Cl)ccc2c1)c1cccs1. The van der Waals surface area contributed by atoms with Gasteiger partial charge in [0, 0.05) is 15.8 Å². The summed E-state index contributed by atoms with van der Waals surface area (Å²) in [4.78, 5) is 18.0. The van der Waals surface area contributed by atoms with E-state index in [1.165, 1.54) is 4.88 Å². The van der Waals surface area contributed by atoms with Crippen LogP contribution in [0, 0.1) is 5.92 Å². The largest absolute Gasteiger partial charge is 0.344 e.